The minimum atomic E-state index is -4.48. The Bertz CT molecular complexity index is 1230. The highest BCUT2D eigenvalue weighted by atomic mass is 19.4. The average molecular weight is 525 g/mol. The van der Waals surface area contributed by atoms with Crippen LogP contribution < -0.4 is 4.74 Å². The van der Waals surface area contributed by atoms with Gasteiger partial charge in [0, 0.05) is 25.2 Å². The first kappa shape index (κ1) is 27.2. The van der Waals surface area contributed by atoms with Crippen LogP contribution in [0.4, 0.5) is 13.2 Å². The van der Waals surface area contributed by atoms with Crippen molar-refractivity contribution < 1.29 is 27.5 Å². The quantitative estimate of drug-likeness (QED) is 0.415. The van der Waals surface area contributed by atoms with E-state index in [9.17, 15) is 22.8 Å². The van der Waals surface area contributed by atoms with Crippen LogP contribution in [-0.2, 0) is 12.6 Å². The van der Waals surface area contributed by atoms with Crippen LogP contribution in [0.2, 0.25) is 0 Å². The van der Waals surface area contributed by atoms with Gasteiger partial charge in [-0.15, -0.1) is 0 Å². The molecule has 0 fully saturated rings. The van der Waals surface area contributed by atoms with Crippen LogP contribution in [0.1, 0.15) is 51.6 Å². The predicted molar refractivity (Wildman–Crippen MR) is 139 cm³/mol. The topological polar surface area (TPSA) is 49.9 Å². The van der Waals surface area contributed by atoms with Crippen molar-refractivity contribution in [2.75, 3.05) is 26.2 Å². The van der Waals surface area contributed by atoms with E-state index in [1.54, 1.807) is 34.1 Å². The molecule has 38 heavy (non-hydrogen) atoms. The van der Waals surface area contributed by atoms with Gasteiger partial charge in [-0.2, -0.15) is 13.2 Å². The maximum absolute atomic E-state index is 13.7. The van der Waals surface area contributed by atoms with Crippen molar-refractivity contribution in [2.45, 2.75) is 38.4 Å². The van der Waals surface area contributed by atoms with Gasteiger partial charge in [0.25, 0.3) is 11.8 Å². The number of para-hydroxylation sites is 1. The number of halogens is 3. The lowest BCUT2D eigenvalue weighted by Gasteiger charge is -2.33. The normalized spacial score (nSPS) is 17.2. The number of rotatable bonds is 4. The third-order valence-corrected chi connectivity index (χ3v) is 6.77. The van der Waals surface area contributed by atoms with Crippen molar-refractivity contribution in [3.05, 3.63) is 101 Å². The van der Waals surface area contributed by atoms with E-state index in [1.807, 2.05) is 37.3 Å². The molecule has 1 aliphatic rings. The summed E-state index contributed by atoms with van der Waals surface area (Å²) in [7, 11) is 0. The number of nitrogens with zero attached hydrogens (tertiary/aromatic N) is 2. The molecule has 0 aromatic heterocycles. The van der Waals surface area contributed by atoms with Gasteiger partial charge >= 0.3 is 6.18 Å². The molecule has 0 unspecified atom stereocenters. The Kier molecular flexibility index (Phi) is 8.71. The number of alkyl halides is 3. The van der Waals surface area contributed by atoms with Crippen LogP contribution in [0.3, 0.4) is 0 Å². The van der Waals surface area contributed by atoms with Crippen molar-refractivity contribution in [2.24, 2.45) is 0 Å². The van der Waals surface area contributed by atoms with E-state index >= 15 is 0 Å². The van der Waals surface area contributed by atoms with E-state index in [1.165, 1.54) is 12.1 Å². The zero-order chi connectivity index (χ0) is 27.1. The fourth-order valence-electron chi connectivity index (χ4n) is 4.68. The molecule has 2 amide bonds. The Morgan fingerprint density at radius 3 is 2.26 bits per heavy atom. The summed E-state index contributed by atoms with van der Waals surface area (Å²) in [6.45, 7) is 3.49. The van der Waals surface area contributed by atoms with Gasteiger partial charge in [0.2, 0.25) is 0 Å². The molecule has 0 N–H and O–H groups in total. The standard InChI is InChI=1S/C30H31F3N2O3/c1-2-34-18-8-9-19-35(28(36)23-14-16-24(17-15-23)30(31,32)33)25(20-22-10-4-3-5-11-22)21-38-27-13-7-6-12-26(27)29(34)37/h3-7,10-17,25H,2,8-9,18-21H2,1H3/t25-/m0/s1. The molecule has 0 radical (unpaired) electrons. The molecule has 0 aliphatic carbocycles. The molecule has 5 nitrogen and oxygen atoms in total. The Morgan fingerprint density at radius 2 is 1.58 bits per heavy atom. The summed E-state index contributed by atoms with van der Waals surface area (Å²) in [6.07, 6.45) is -2.68. The van der Waals surface area contributed by atoms with Crippen LogP contribution >= 0.6 is 0 Å². The van der Waals surface area contributed by atoms with E-state index in [0.717, 1.165) is 17.7 Å². The zero-order valence-corrected chi connectivity index (χ0v) is 21.3. The van der Waals surface area contributed by atoms with Gasteiger partial charge in [0.1, 0.15) is 12.4 Å². The SMILES string of the molecule is CCN1CCCCN(C(=O)c2ccc(C(F)(F)F)cc2)[C@@H](Cc2ccccc2)COc2ccccc2C1=O. The first-order chi connectivity index (χ1) is 18.3. The average Bonchev–Trinajstić information content (AvgIpc) is 2.92. The molecule has 0 saturated heterocycles. The summed E-state index contributed by atoms with van der Waals surface area (Å²) in [5, 5.41) is 0. The fourth-order valence-corrected chi connectivity index (χ4v) is 4.68. The molecule has 4 rings (SSSR count). The molecule has 200 valence electrons. The highest BCUT2D eigenvalue weighted by molar-refractivity contribution is 5.97. The van der Waals surface area contributed by atoms with Crippen LogP contribution in [0.15, 0.2) is 78.9 Å². The highest BCUT2D eigenvalue weighted by Crippen LogP contribution is 2.30. The number of benzene rings is 3. The molecule has 1 aliphatic heterocycles. The summed E-state index contributed by atoms with van der Waals surface area (Å²) < 4.78 is 45.5. The molecule has 3 aromatic rings. The molecule has 3 aromatic carbocycles. The van der Waals surface area contributed by atoms with Crippen molar-refractivity contribution in [1.29, 1.82) is 0 Å². The third-order valence-electron chi connectivity index (χ3n) is 6.77. The summed E-state index contributed by atoms with van der Waals surface area (Å²) in [5.41, 5.74) is 0.857. The summed E-state index contributed by atoms with van der Waals surface area (Å²) in [4.78, 5) is 30.4. The van der Waals surface area contributed by atoms with Gasteiger partial charge in [0.05, 0.1) is 17.2 Å². The second-order valence-corrected chi connectivity index (χ2v) is 9.32. The van der Waals surface area contributed by atoms with Gasteiger partial charge in [-0.05, 0) is 68.1 Å². The van der Waals surface area contributed by atoms with Crippen LogP contribution in [0, 0.1) is 0 Å². The second kappa shape index (κ2) is 12.2. The number of hydrogen-bond acceptors (Lipinski definition) is 3. The lowest BCUT2D eigenvalue weighted by Crippen LogP contribution is -2.46. The Hall–Kier alpha value is -3.81. The lowest BCUT2D eigenvalue weighted by molar-refractivity contribution is -0.137. The Labute approximate surface area is 220 Å². The zero-order valence-electron chi connectivity index (χ0n) is 21.3. The number of amides is 2. The summed E-state index contributed by atoms with van der Waals surface area (Å²) >= 11 is 0. The molecule has 0 bridgehead atoms. The lowest BCUT2D eigenvalue weighted by atomic mass is 10.0. The van der Waals surface area contributed by atoms with Crippen molar-refractivity contribution in [3.8, 4) is 5.75 Å². The third kappa shape index (κ3) is 6.54. The maximum atomic E-state index is 13.7. The second-order valence-electron chi connectivity index (χ2n) is 9.32. The maximum Gasteiger partial charge on any atom is 0.416 e. The van der Waals surface area contributed by atoms with E-state index in [-0.39, 0.29) is 24.0 Å². The predicted octanol–water partition coefficient (Wildman–Crippen LogP) is 6.09. The number of ether oxygens (including phenoxy) is 1. The summed E-state index contributed by atoms with van der Waals surface area (Å²) in [5.74, 6) is -0.00508. The minimum Gasteiger partial charge on any atom is -0.491 e. The molecular formula is C30H31F3N2O3. The smallest absolute Gasteiger partial charge is 0.416 e. The highest BCUT2D eigenvalue weighted by Gasteiger charge is 2.32. The van der Waals surface area contributed by atoms with Gasteiger partial charge in [-0.3, -0.25) is 9.59 Å². The minimum absolute atomic E-state index is 0.0963. The van der Waals surface area contributed by atoms with Gasteiger partial charge in [0.15, 0.2) is 0 Å². The monoisotopic (exact) mass is 524 g/mol. The molecule has 1 heterocycles. The number of fused-ring (bicyclic) bond motifs is 1. The molecular weight excluding hydrogens is 493 g/mol. The number of carbonyl (C=O) groups is 2. The molecule has 8 heteroatoms. The fraction of sp³-hybridized carbons (Fsp3) is 0.333. The molecule has 0 spiro atoms. The first-order valence-electron chi connectivity index (χ1n) is 12.8. The van der Waals surface area contributed by atoms with E-state index in [0.29, 0.717) is 50.2 Å². The van der Waals surface area contributed by atoms with Crippen LogP contribution in [0.5, 0.6) is 5.75 Å². The van der Waals surface area contributed by atoms with E-state index in [2.05, 4.69) is 0 Å². The van der Waals surface area contributed by atoms with E-state index in [4.69, 9.17) is 4.74 Å². The van der Waals surface area contributed by atoms with Crippen molar-refractivity contribution in [3.63, 3.8) is 0 Å². The van der Waals surface area contributed by atoms with Gasteiger partial charge in [-0.1, -0.05) is 42.5 Å². The summed E-state index contributed by atoms with van der Waals surface area (Å²) in [6, 6.07) is 20.7. The number of hydrogen-bond donors (Lipinski definition) is 0. The van der Waals surface area contributed by atoms with E-state index < -0.39 is 17.8 Å². The molecule has 1 atom stereocenters. The van der Waals surface area contributed by atoms with Gasteiger partial charge in [-0.25, -0.2) is 0 Å². The number of carbonyl (C=O) groups excluding carboxylic acids is 2. The molecule has 0 saturated carbocycles. The Morgan fingerprint density at radius 1 is 0.921 bits per heavy atom. The van der Waals surface area contributed by atoms with Crippen LogP contribution in [-0.4, -0.2) is 53.9 Å². The van der Waals surface area contributed by atoms with Crippen molar-refractivity contribution in [1.82, 2.24) is 9.80 Å². The van der Waals surface area contributed by atoms with Crippen molar-refractivity contribution >= 4 is 11.8 Å². The Balaban J connectivity index is 1.69. The largest absolute Gasteiger partial charge is 0.491 e. The van der Waals surface area contributed by atoms with Crippen LogP contribution in [0.25, 0.3) is 0 Å². The van der Waals surface area contributed by atoms with Gasteiger partial charge < -0.3 is 14.5 Å². The first-order valence-corrected chi connectivity index (χ1v) is 12.8.